The topological polar surface area (TPSA) is 78.9 Å². The Bertz CT molecular complexity index is 1270. The lowest BCUT2D eigenvalue weighted by Crippen LogP contribution is -2.30. The summed E-state index contributed by atoms with van der Waals surface area (Å²) in [7, 11) is 0. The lowest BCUT2D eigenvalue weighted by atomic mass is 10.0. The molecule has 426 valence electrons. The molecule has 0 spiro atoms. The third kappa shape index (κ3) is 60.1. The first-order valence-electron chi connectivity index (χ1n) is 32.1. The van der Waals surface area contributed by atoms with E-state index < -0.39 is 6.10 Å². The first-order valence-corrected chi connectivity index (χ1v) is 32.1. The highest BCUT2D eigenvalue weighted by Crippen LogP contribution is 2.17. The molecule has 0 aliphatic heterocycles. The van der Waals surface area contributed by atoms with E-state index in [-0.39, 0.29) is 31.1 Å². The van der Waals surface area contributed by atoms with Gasteiger partial charge in [-0.2, -0.15) is 0 Å². The highest BCUT2D eigenvalue weighted by atomic mass is 16.6. The Balaban J connectivity index is 4.32. The average molecular weight is 1020 g/mol. The van der Waals surface area contributed by atoms with Gasteiger partial charge in [-0.05, 0) is 77.0 Å². The van der Waals surface area contributed by atoms with Gasteiger partial charge in [0.1, 0.15) is 13.2 Å². The van der Waals surface area contributed by atoms with E-state index in [2.05, 4.69) is 69.4 Å². The number of carbonyl (C=O) groups excluding carboxylic acids is 3. The minimum atomic E-state index is -0.780. The quantitative estimate of drug-likeness (QED) is 0.0261. The second-order valence-corrected chi connectivity index (χ2v) is 21.6. The van der Waals surface area contributed by atoms with Crippen LogP contribution < -0.4 is 0 Å². The van der Waals surface area contributed by atoms with Crippen molar-refractivity contribution in [2.75, 3.05) is 13.2 Å². The van der Waals surface area contributed by atoms with Gasteiger partial charge >= 0.3 is 17.9 Å². The Morgan fingerprint density at radius 1 is 0.288 bits per heavy atom. The minimum Gasteiger partial charge on any atom is -0.462 e. The largest absolute Gasteiger partial charge is 0.462 e. The number of ether oxygens (including phenoxy) is 3. The molecule has 0 fully saturated rings. The Hall–Kier alpha value is -2.63. The van der Waals surface area contributed by atoms with Crippen LogP contribution in [0.1, 0.15) is 342 Å². The Kier molecular flexibility index (Phi) is 59.7. The van der Waals surface area contributed by atoms with E-state index in [9.17, 15) is 14.4 Å². The van der Waals surface area contributed by atoms with Gasteiger partial charge in [0.05, 0.1) is 0 Å². The van der Waals surface area contributed by atoms with Crippen LogP contribution in [-0.2, 0) is 28.6 Å². The molecule has 0 rings (SSSR count). The summed E-state index contributed by atoms with van der Waals surface area (Å²) in [6.07, 6.45) is 76.9. The van der Waals surface area contributed by atoms with Crippen molar-refractivity contribution in [2.24, 2.45) is 0 Å². The fraction of sp³-hybridized carbons (Fsp3) is 0.836. The van der Waals surface area contributed by atoms with E-state index >= 15 is 0 Å². The van der Waals surface area contributed by atoms with Gasteiger partial charge in [-0.15, -0.1) is 0 Å². The minimum absolute atomic E-state index is 0.0758. The van der Waals surface area contributed by atoms with E-state index in [1.54, 1.807) is 0 Å². The highest BCUT2D eigenvalue weighted by Gasteiger charge is 2.19. The van der Waals surface area contributed by atoms with E-state index in [1.807, 2.05) is 0 Å². The van der Waals surface area contributed by atoms with E-state index in [4.69, 9.17) is 14.2 Å². The molecule has 0 aromatic heterocycles. The number of hydrogen-bond donors (Lipinski definition) is 0. The van der Waals surface area contributed by atoms with Crippen LogP contribution in [0.5, 0.6) is 0 Å². The van der Waals surface area contributed by atoms with Crippen LogP contribution in [0, 0.1) is 0 Å². The maximum absolute atomic E-state index is 12.9. The van der Waals surface area contributed by atoms with E-state index in [1.165, 1.54) is 205 Å². The Morgan fingerprint density at radius 2 is 0.534 bits per heavy atom. The maximum Gasteiger partial charge on any atom is 0.306 e. The SMILES string of the molecule is CC/C=C\C/C=C\C/C=C\CCCCCCCC(=O)OCC(COC(=O)CCCCCCCCCCCCCCCCCCCCCCC)OC(=O)CCCCCCCCCCC/C=C\CCCCCCCC. The zero-order chi connectivity index (χ0) is 52.9. The van der Waals surface area contributed by atoms with Gasteiger partial charge in [-0.1, -0.05) is 294 Å². The summed E-state index contributed by atoms with van der Waals surface area (Å²) in [5, 5.41) is 0. The lowest BCUT2D eigenvalue weighted by Gasteiger charge is -2.18. The summed E-state index contributed by atoms with van der Waals surface area (Å²) in [5.74, 6) is -0.874. The van der Waals surface area contributed by atoms with Crippen molar-refractivity contribution in [1.29, 1.82) is 0 Å². The predicted octanol–water partition coefficient (Wildman–Crippen LogP) is 21.8. The number of esters is 3. The lowest BCUT2D eigenvalue weighted by molar-refractivity contribution is -0.167. The third-order valence-corrected chi connectivity index (χ3v) is 14.3. The van der Waals surface area contributed by atoms with Gasteiger partial charge in [0.25, 0.3) is 0 Å². The van der Waals surface area contributed by atoms with Gasteiger partial charge in [0.2, 0.25) is 0 Å². The maximum atomic E-state index is 12.9. The highest BCUT2D eigenvalue weighted by molar-refractivity contribution is 5.71. The normalized spacial score (nSPS) is 12.3. The van der Waals surface area contributed by atoms with Gasteiger partial charge < -0.3 is 14.2 Å². The van der Waals surface area contributed by atoms with Crippen molar-refractivity contribution < 1.29 is 28.6 Å². The van der Waals surface area contributed by atoms with E-state index in [0.29, 0.717) is 19.3 Å². The monoisotopic (exact) mass is 1020 g/mol. The molecule has 1 unspecified atom stereocenters. The summed E-state index contributed by atoms with van der Waals surface area (Å²) < 4.78 is 16.9. The number of unbranched alkanes of at least 4 members (excludes halogenated alkanes) is 40. The molecule has 0 N–H and O–H groups in total. The van der Waals surface area contributed by atoms with Crippen LogP contribution in [0.15, 0.2) is 48.6 Å². The molecule has 73 heavy (non-hydrogen) atoms. The zero-order valence-corrected chi connectivity index (χ0v) is 48.9. The zero-order valence-electron chi connectivity index (χ0n) is 48.9. The molecule has 0 aliphatic carbocycles. The van der Waals surface area contributed by atoms with Crippen LogP contribution in [0.3, 0.4) is 0 Å². The van der Waals surface area contributed by atoms with Crippen LogP contribution in [-0.4, -0.2) is 37.2 Å². The number of carbonyl (C=O) groups is 3. The van der Waals surface area contributed by atoms with Crippen LogP contribution >= 0.6 is 0 Å². The molecule has 0 heterocycles. The summed E-state index contributed by atoms with van der Waals surface area (Å²) in [4.78, 5) is 38.3. The van der Waals surface area contributed by atoms with Crippen molar-refractivity contribution in [3.8, 4) is 0 Å². The summed E-state index contributed by atoms with van der Waals surface area (Å²) in [5.41, 5.74) is 0. The van der Waals surface area contributed by atoms with Gasteiger partial charge in [-0.3, -0.25) is 14.4 Å². The molecular weight excluding hydrogens is 901 g/mol. The van der Waals surface area contributed by atoms with Gasteiger partial charge in [0, 0.05) is 19.3 Å². The Labute approximate surface area is 454 Å². The molecule has 0 bridgehead atoms. The van der Waals surface area contributed by atoms with Gasteiger partial charge in [0.15, 0.2) is 6.10 Å². The van der Waals surface area contributed by atoms with E-state index in [0.717, 1.165) is 96.3 Å². The molecular formula is C67H122O6. The first-order chi connectivity index (χ1) is 36.0. The average Bonchev–Trinajstić information content (AvgIpc) is 3.39. The fourth-order valence-electron chi connectivity index (χ4n) is 9.51. The third-order valence-electron chi connectivity index (χ3n) is 14.3. The second kappa shape index (κ2) is 61.9. The predicted molar refractivity (Wildman–Crippen MR) is 316 cm³/mol. The van der Waals surface area contributed by atoms with Gasteiger partial charge in [-0.25, -0.2) is 0 Å². The molecule has 0 saturated carbocycles. The number of hydrogen-bond acceptors (Lipinski definition) is 6. The molecule has 6 nitrogen and oxygen atoms in total. The van der Waals surface area contributed by atoms with Crippen molar-refractivity contribution >= 4 is 17.9 Å². The molecule has 0 saturated heterocycles. The van der Waals surface area contributed by atoms with Crippen LogP contribution in [0.25, 0.3) is 0 Å². The van der Waals surface area contributed by atoms with Crippen molar-refractivity contribution in [1.82, 2.24) is 0 Å². The summed E-state index contributed by atoms with van der Waals surface area (Å²) in [6.45, 7) is 6.57. The number of allylic oxidation sites excluding steroid dienone is 8. The summed E-state index contributed by atoms with van der Waals surface area (Å²) >= 11 is 0. The smallest absolute Gasteiger partial charge is 0.306 e. The van der Waals surface area contributed by atoms with Crippen LogP contribution in [0.2, 0.25) is 0 Å². The molecule has 0 aromatic carbocycles. The standard InChI is InChI=1S/C67H122O6/c1-4-7-10-13-16-19-22-25-28-30-32-33-35-36-39-42-45-48-51-54-57-60-66(69)72-63-64(62-71-65(68)59-56-53-50-47-44-41-38-27-24-21-18-15-12-9-6-3)73-67(70)61-58-55-52-49-46-43-40-37-34-31-29-26-23-20-17-14-11-8-5-2/h9,12,18,21,26-27,29,38,64H,4-8,10-11,13-17,19-20,22-25,28,30-37,39-63H2,1-3H3/b12-9-,21-18-,29-26-,38-27-. The molecule has 0 amide bonds. The van der Waals surface area contributed by atoms with Crippen LogP contribution in [0.4, 0.5) is 0 Å². The molecule has 6 heteroatoms. The Morgan fingerprint density at radius 3 is 0.849 bits per heavy atom. The molecule has 0 aliphatic rings. The fourth-order valence-corrected chi connectivity index (χ4v) is 9.51. The molecule has 0 radical (unpaired) electrons. The van der Waals surface area contributed by atoms with Crippen molar-refractivity contribution in [3.63, 3.8) is 0 Å². The first kappa shape index (κ1) is 70.4. The summed E-state index contributed by atoms with van der Waals surface area (Å²) in [6, 6.07) is 0. The van der Waals surface area contributed by atoms with Crippen molar-refractivity contribution in [3.05, 3.63) is 48.6 Å². The number of rotatable bonds is 59. The van der Waals surface area contributed by atoms with Crippen molar-refractivity contribution in [2.45, 2.75) is 348 Å². The molecule has 0 aromatic rings. The molecule has 1 atom stereocenters. The second-order valence-electron chi connectivity index (χ2n) is 21.6.